The molecule has 0 aliphatic carbocycles. The molecule has 0 saturated carbocycles. The summed E-state index contributed by atoms with van der Waals surface area (Å²) in [6.45, 7) is 8.82. The Morgan fingerprint density at radius 1 is 0.645 bits per heavy atom. The summed E-state index contributed by atoms with van der Waals surface area (Å²) in [6.07, 6.45) is 4.27. The molecule has 0 aliphatic heterocycles. The SMILES string of the molecule is CCCc1cc(C)cc(CCC)c1-n1c(-c2ccccc2)nnc1-c1cccc(C)c1. The van der Waals surface area contributed by atoms with Gasteiger partial charge in [0, 0.05) is 11.1 Å². The quantitative estimate of drug-likeness (QED) is 0.325. The van der Waals surface area contributed by atoms with Crippen molar-refractivity contribution in [2.75, 3.05) is 0 Å². The smallest absolute Gasteiger partial charge is 0.168 e. The summed E-state index contributed by atoms with van der Waals surface area (Å²) in [5.41, 5.74) is 8.73. The molecule has 0 unspecified atom stereocenters. The first-order valence-electron chi connectivity index (χ1n) is 11.3. The lowest BCUT2D eigenvalue weighted by Gasteiger charge is -2.20. The van der Waals surface area contributed by atoms with Crippen molar-refractivity contribution in [2.45, 2.75) is 53.4 Å². The van der Waals surface area contributed by atoms with Gasteiger partial charge < -0.3 is 0 Å². The summed E-state index contributed by atoms with van der Waals surface area (Å²) in [5, 5.41) is 9.42. The highest BCUT2D eigenvalue weighted by Crippen LogP contribution is 2.34. The van der Waals surface area contributed by atoms with E-state index in [2.05, 4.69) is 92.9 Å². The van der Waals surface area contributed by atoms with Crippen LogP contribution in [0.25, 0.3) is 28.5 Å². The van der Waals surface area contributed by atoms with Crippen LogP contribution in [0.1, 0.15) is 48.9 Å². The van der Waals surface area contributed by atoms with Crippen molar-refractivity contribution in [1.29, 1.82) is 0 Å². The van der Waals surface area contributed by atoms with Crippen LogP contribution < -0.4 is 0 Å². The summed E-state index contributed by atoms with van der Waals surface area (Å²) < 4.78 is 2.31. The Morgan fingerprint density at radius 2 is 1.23 bits per heavy atom. The highest BCUT2D eigenvalue weighted by molar-refractivity contribution is 5.69. The lowest BCUT2D eigenvalue weighted by molar-refractivity contribution is 0.862. The highest BCUT2D eigenvalue weighted by atomic mass is 15.3. The Morgan fingerprint density at radius 3 is 1.81 bits per heavy atom. The summed E-state index contributed by atoms with van der Waals surface area (Å²) in [7, 11) is 0. The monoisotopic (exact) mass is 409 g/mol. The number of aryl methyl sites for hydroxylation is 4. The number of nitrogens with zero attached hydrogens (tertiary/aromatic N) is 3. The third-order valence-corrected chi connectivity index (χ3v) is 5.65. The van der Waals surface area contributed by atoms with Gasteiger partial charge in [-0.25, -0.2) is 0 Å². The molecule has 0 fully saturated rings. The minimum atomic E-state index is 0.899. The summed E-state index contributed by atoms with van der Waals surface area (Å²) >= 11 is 0. The van der Waals surface area contributed by atoms with Gasteiger partial charge >= 0.3 is 0 Å². The van der Waals surface area contributed by atoms with Gasteiger partial charge in [0.2, 0.25) is 0 Å². The van der Waals surface area contributed by atoms with Crippen molar-refractivity contribution in [3.8, 4) is 28.5 Å². The molecule has 0 atom stereocenters. The van der Waals surface area contributed by atoms with Crippen LogP contribution in [0.4, 0.5) is 0 Å². The molecule has 31 heavy (non-hydrogen) atoms. The largest absolute Gasteiger partial charge is 0.274 e. The van der Waals surface area contributed by atoms with Crippen LogP contribution >= 0.6 is 0 Å². The van der Waals surface area contributed by atoms with Crippen molar-refractivity contribution in [1.82, 2.24) is 14.8 Å². The zero-order valence-corrected chi connectivity index (χ0v) is 19.0. The van der Waals surface area contributed by atoms with Crippen LogP contribution in [-0.2, 0) is 12.8 Å². The van der Waals surface area contributed by atoms with Gasteiger partial charge in [-0.2, -0.15) is 0 Å². The normalized spacial score (nSPS) is 11.1. The molecule has 158 valence electrons. The molecule has 4 rings (SSSR count). The molecule has 0 radical (unpaired) electrons. The predicted molar refractivity (Wildman–Crippen MR) is 130 cm³/mol. The maximum Gasteiger partial charge on any atom is 0.168 e. The van der Waals surface area contributed by atoms with E-state index >= 15 is 0 Å². The molecular weight excluding hydrogens is 378 g/mol. The van der Waals surface area contributed by atoms with E-state index in [9.17, 15) is 0 Å². The van der Waals surface area contributed by atoms with Gasteiger partial charge in [-0.3, -0.25) is 4.57 Å². The van der Waals surface area contributed by atoms with Gasteiger partial charge in [0.1, 0.15) is 0 Å². The number of hydrogen-bond donors (Lipinski definition) is 0. The number of rotatable bonds is 7. The van der Waals surface area contributed by atoms with Crippen molar-refractivity contribution in [3.05, 3.63) is 89.0 Å². The van der Waals surface area contributed by atoms with Crippen LogP contribution in [0.15, 0.2) is 66.7 Å². The van der Waals surface area contributed by atoms with E-state index in [4.69, 9.17) is 10.2 Å². The second-order valence-electron chi connectivity index (χ2n) is 8.35. The average Bonchev–Trinajstić information content (AvgIpc) is 3.19. The molecule has 0 bridgehead atoms. The third kappa shape index (κ3) is 4.32. The van der Waals surface area contributed by atoms with E-state index in [1.165, 1.54) is 27.9 Å². The minimum absolute atomic E-state index is 0.899. The van der Waals surface area contributed by atoms with Gasteiger partial charge in [-0.15, -0.1) is 10.2 Å². The van der Waals surface area contributed by atoms with Crippen molar-refractivity contribution in [2.24, 2.45) is 0 Å². The first kappa shape index (κ1) is 21.0. The van der Waals surface area contributed by atoms with Gasteiger partial charge in [-0.05, 0) is 43.9 Å². The van der Waals surface area contributed by atoms with Gasteiger partial charge in [0.05, 0.1) is 5.69 Å². The molecule has 1 aromatic heterocycles. The molecule has 3 aromatic carbocycles. The lowest BCUT2D eigenvalue weighted by Crippen LogP contribution is -2.09. The van der Waals surface area contributed by atoms with Gasteiger partial charge in [0.25, 0.3) is 0 Å². The topological polar surface area (TPSA) is 30.7 Å². The molecule has 0 N–H and O–H groups in total. The minimum Gasteiger partial charge on any atom is -0.274 e. The molecular formula is C28H31N3. The molecule has 0 saturated heterocycles. The first-order chi connectivity index (χ1) is 15.1. The molecule has 0 spiro atoms. The van der Waals surface area contributed by atoms with Gasteiger partial charge in [-0.1, -0.05) is 98.5 Å². The maximum absolute atomic E-state index is 4.72. The number of hydrogen-bond acceptors (Lipinski definition) is 2. The van der Waals surface area contributed by atoms with E-state index in [1.807, 2.05) is 6.07 Å². The van der Waals surface area contributed by atoms with Crippen molar-refractivity contribution in [3.63, 3.8) is 0 Å². The second kappa shape index (κ2) is 9.30. The Hall–Kier alpha value is -3.20. The van der Waals surface area contributed by atoms with Crippen molar-refractivity contribution >= 4 is 0 Å². The molecule has 1 heterocycles. The molecule has 0 aliphatic rings. The van der Waals surface area contributed by atoms with Crippen LogP contribution in [0, 0.1) is 13.8 Å². The fraction of sp³-hybridized carbons (Fsp3) is 0.286. The summed E-state index contributed by atoms with van der Waals surface area (Å²) in [4.78, 5) is 0. The fourth-order valence-electron chi connectivity index (χ4n) is 4.38. The zero-order chi connectivity index (χ0) is 21.8. The molecule has 4 aromatic rings. The summed E-state index contributed by atoms with van der Waals surface area (Å²) in [6, 6.07) is 23.6. The highest BCUT2D eigenvalue weighted by Gasteiger charge is 2.22. The third-order valence-electron chi connectivity index (χ3n) is 5.65. The molecule has 0 amide bonds. The number of benzene rings is 3. The Labute approximate surface area is 185 Å². The van der Waals surface area contributed by atoms with E-state index in [0.29, 0.717) is 0 Å². The second-order valence-corrected chi connectivity index (χ2v) is 8.35. The Balaban J connectivity index is 2.07. The fourth-order valence-corrected chi connectivity index (χ4v) is 4.38. The molecule has 3 heteroatoms. The van der Waals surface area contributed by atoms with Crippen LogP contribution in [0.5, 0.6) is 0 Å². The Bertz CT molecular complexity index is 1150. The average molecular weight is 410 g/mol. The Kier molecular flexibility index (Phi) is 6.31. The van der Waals surface area contributed by atoms with Crippen LogP contribution in [0.2, 0.25) is 0 Å². The lowest BCUT2D eigenvalue weighted by atomic mass is 9.96. The van der Waals surface area contributed by atoms with Crippen LogP contribution in [0.3, 0.4) is 0 Å². The van der Waals surface area contributed by atoms with E-state index in [-0.39, 0.29) is 0 Å². The zero-order valence-electron chi connectivity index (χ0n) is 19.0. The predicted octanol–water partition coefficient (Wildman–Crippen LogP) is 7.12. The van der Waals surface area contributed by atoms with E-state index < -0.39 is 0 Å². The number of aromatic nitrogens is 3. The summed E-state index contributed by atoms with van der Waals surface area (Å²) in [5.74, 6) is 1.80. The van der Waals surface area contributed by atoms with E-state index in [1.54, 1.807) is 0 Å². The first-order valence-corrected chi connectivity index (χ1v) is 11.3. The van der Waals surface area contributed by atoms with E-state index in [0.717, 1.165) is 48.5 Å². The van der Waals surface area contributed by atoms with Crippen molar-refractivity contribution < 1.29 is 0 Å². The maximum atomic E-state index is 4.72. The van der Waals surface area contributed by atoms with Gasteiger partial charge in [0.15, 0.2) is 11.6 Å². The van der Waals surface area contributed by atoms with Crippen LogP contribution in [-0.4, -0.2) is 14.8 Å². The standard InChI is InChI=1S/C28H31N3/c1-5-11-23-18-21(4)19-24(12-6-2)26(23)31-27(22-14-8-7-9-15-22)29-30-28(31)25-16-10-13-20(3)17-25/h7-10,13-19H,5-6,11-12H2,1-4H3. The molecule has 3 nitrogen and oxygen atoms in total.